The molecule has 0 amide bonds. The van der Waals surface area contributed by atoms with Crippen molar-refractivity contribution in [1.82, 2.24) is 5.16 Å². The minimum absolute atomic E-state index is 0.320. The van der Waals surface area contributed by atoms with Crippen LogP contribution in [0.2, 0.25) is 0 Å². The molecule has 0 atom stereocenters. The number of nitrogen functional groups attached to an aromatic ring is 1. The second-order valence-corrected chi connectivity index (χ2v) is 3.59. The van der Waals surface area contributed by atoms with Crippen LogP contribution in [0.3, 0.4) is 0 Å². The third-order valence-corrected chi connectivity index (χ3v) is 2.41. The Morgan fingerprint density at radius 2 is 1.94 bits per heavy atom. The van der Waals surface area contributed by atoms with Gasteiger partial charge in [0.05, 0.1) is 19.9 Å². The summed E-state index contributed by atoms with van der Waals surface area (Å²) >= 11 is 0. The van der Waals surface area contributed by atoms with Crippen molar-refractivity contribution in [3.05, 3.63) is 35.5 Å². The molecule has 1 aromatic carbocycles. The van der Waals surface area contributed by atoms with Crippen LogP contribution in [0, 0.1) is 0 Å². The normalized spacial score (nSPS) is 10.2. The first kappa shape index (κ1) is 11.3. The van der Waals surface area contributed by atoms with Crippen LogP contribution in [-0.2, 0) is 6.42 Å². The van der Waals surface area contributed by atoms with Crippen LogP contribution < -0.4 is 15.2 Å². The van der Waals surface area contributed by atoms with E-state index in [9.17, 15) is 0 Å². The van der Waals surface area contributed by atoms with E-state index >= 15 is 0 Å². The monoisotopic (exact) mass is 234 g/mol. The average molecular weight is 234 g/mol. The lowest BCUT2D eigenvalue weighted by Gasteiger charge is -2.08. The largest absolute Gasteiger partial charge is 0.493 e. The lowest BCUT2D eigenvalue weighted by Crippen LogP contribution is -1.93. The van der Waals surface area contributed by atoms with Crippen molar-refractivity contribution >= 4 is 5.88 Å². The Labute approximate surface area is 99.1 Å². The molecule has 0 aliphatic rings. The van der Waals surface area contributed by atoms with Crippen molar-refractivity contribution in [3.63, 3.8) is 0 Å². The lowest BCUT2D eigenvalue weighted by molar-refractivity contribution is 0.354. The number of ether oxygens (including phenoxy) is 2. The molecule has 0 aliphatic carbocycles. The molecule has 5 nitrogen and oxygen atoms in total. The minimum Gasteiger partial charge on any atom is -0.493 e. The van der Waals surface area contributed by atoms with Crippen molar-refractivity contribution in [2.75, 3.05) is 20.0 Å². The molecule has 0 unspecified atom stereocenters. The average Bonchev–Trinajstić information content (AvgIpc) is 2.74. The van der Waals surface area contributed by atoms with Crippen LogP contribution in [0.5, 0.6) is 11.5 Å². The molecule has 0 spiro atoms. The quantitative estimate of drug-likeness (QED) is 0.874. The molecule has 0 radical (unpaired) electrons. The van der Waals surface area contributed by atoms with Crippen molar-refractivity contribution in [3.8, 4) is 11.5 Å². The van der Waals surface area contributed by atoms with Gasteiger partial charge in [-0.2, -0.15) is 0 Å². The first-order valence-corrected chi connectivity index (χ1v) is 5.15. The molecule has 0 saturated heterocycles. The molecule has 2 rings (SSSR count). The highest BCUT2D eigenvalue weighted by molar-refractivity contribution is 5.44. The van der Waals surface area contributed by atoms with Crippen LogP contribution in [0.1, 0.15) is 11.3 Å². The van der Waals surface area contributed by atoms with Crippen molar-refractivity contribution in [2.45, 2.75) is 6.42 Å². The lowest BCUT2D eigenvalue weighted by atomic mass is 10.1. The van der Waals surface area contributed by atoms with Gasteiger partial charge in [0.1, 0.15) is 0 Å². The fourth-order valence-electron chi connectivity index (χ4n) is 1.61. The Morgan fingerprint density at radius 1 is 1.18 bits per heavy atom. The second-order valence-electron chi connectivity index (χ2n) is 3.59. The van der Waals surface area contributed by atoms with E-state index in [-0.39, 0.29) is 0 Å². The Balaban J connectivity index is 2.22. The molecule has 2 aromatic rings. The summed E-state index contributed by atoms with van der Waals surface area (Å²) in [6.07, 6.45) is 0.640. The zero-order chi connectivity index (χ0) is 12.3. The number of aromatic nitrogens is 1. The van der Waals surface area contributed by atoms with Crippen molar-refractivity contribution in [2.24, 2.45) is 0 Å². The first-order chi connectivity index (χ1) is 8.22. The number of anilines is 1. The Hall–Kier alpha value is -2.17. The summed E-state index contributed by atoms with van der Waals surface area (Å²) in [5.74, 6) is 1.72. The number of nitrogens with zero attached hydrogens (tertiary/aromatic N) is 1. The highest BCUT2D eigenvalue weighted by atomic mass is 16.5. The fourth-order valence-corrected chi connectivity index (χ4v) is 1.61. The Morgan fingerprint density at radius 3 is 2.53 bits per heavy atom. The van der Waals surface area contributed by atoms with Gasteiger partial charge in [-0.25, -0.2) is 0 Å². The van der Waals surface area contributed by atoms with Crippen molar-refractivity contribution < 1.29 is 14.0 Å². The molecular formula is C12H14N2O3. The summed E-state index contributed by atoms with van der Waals surface area (Å²) in [6, 6.07) is 7.42. The molecule has 0 saturated carbocycles. The molecule has 1 aromatic heterocycles. The van der Waals surface area contributed by atoms with E-state index in [0.29, 0.717) is 23.8 Å². The van der Waals surface area contributed by atoms with E-state index in [2.05, 4.69) is 5.16 Å². The fraction of sp³-hybridized carbons (Fsp3) is 0.250. The van der Waals surface area contributed by atoms with Crippen LogP contribution in [-0.4, -0.2) is 19.4 Å². The number of nitrogens with two attached hydrogens (primary N) is 1. The topological polar surface area (TPSA) is 70.5 Å². The summed E-state index contributed by atoms with van der Waals surface area (Å²) < 4.78 is 15.2. The zero-order valence-corrected chi connectivity index (χ0v) is 9.77. The predicted molar refractivity (Wildman–Crippen MR) is 63.3 cm³/mol. The van der Waals surface area contributed by atoms with Crippen LogP contribution in [0.25, 0.3) is 0 Å². The molecule has 17 heavy (non-hydrogen) atoms. The summed E-state index contributed by atoms with van der Waals surface area (Å²) in [5, 5.41) is 3.84. The maximum atomic E-state index is 5.46. The first-order valence-electron chi connectivity index (χ1n) is 5.15. The second kappa shape index (κ2) is 4.78. The maximum absolute atomic E-state index is 5.46. The maximum Gasteiger partial charge on any atom is 0.222 e. The van der Waals surface area contributed by atoms with E-state index in [1.165, 1.54) is 0 Å². The number of methoxy groups -OCH3 is 2. The van der Waals surface area contributed by atoms with Gasteiger partial charge in [0.15, 0.2) is 11.5 Å². The number of benzene rings is 1. The smallest absolute Gasteiger partial charge is 0.222 e. The molecule has 5 heteroatoms. The summed E-state index contributed by atoms with van der Waals surface area (Å²) in [5.41, 5.74) is 7.30. The summed E-state index contributed by atoms with van der Waals surface area (Å²) in [6.45, 7) is 0. The van der Waals surface area contributed by atoms with Gasteiger partial charge in [-0.1, -0.05) is 11.2 Å². The van der Waals surface area contributed by atoms with E-state index in [1.54, 1.807) is 20.3 Å². The summed E-state index contributed by atoms with van der Waals surface area (Å²) in [4.78, 5) is 0. The van der Waals surface area contributed by atoms with E-state index in [4.69, 9.17) is 19.7 Å². The van der Waals surface area contributed by atoms with Gasteiger partial charge in [-0.15, -0.1) is 0 Å². The third kappa shape index (κ3) is 2.50. The van der Waals surface area contributed by atoms with Crippen molar-refractivity contribution in [1.29, 1.82) is 0 Å². The van der Waals surface area contributed by atoms with E-state index in [1.807, 2.05) is 18.2 Å². The third-order valence-electron chi connectivity index (χ3n) is 2.41. The van der Waals surface area contributed by atoms with Gasteiger partial charge in [-0.05, 0) is 17.7 Å². The van der Waals surface area contributed by atoms with Crippen LogP contribution in [0.15, 0.2) is 28.8 Å². The zero-order valence-electron chi connectivity index (χ0n) is 9.77. The number of hydrogen-bond acceptors (Lipinski definition) is 5. The Bertz CT molecular complexity index is 508. The molecule has 0 fully saturated rings. The highest BCUT2D eigenvalue weighted by Crippen LogP contribution is 2.28. The SMILES string of the molecule is COc1ccc(Cc2cc(N)on2)cc1OC. The number of hydrogen-bond donors (Lipinski definition) is 1. The number of rotatable bonds is 4. The van der Waals surface area contributed by atoms with Gasteiger partial charge in [-0.3, -0.25) is 0 Å². The van der Waals surface area contributed by atoms with Crippen LogP contribution in [0.4, 0.5) is 5.88 Å². The molecule has 90 valence electrons. The molecule has 2 N–H and O–H groups in total. The minimum atomic E-state index is 0.320. The van der Waals surface area contributed by atoms with E-state index in [0.717, 1.165) is 11.3 Å². The highest BCUT2D eigenvalue weighted by Gasteiger charge is 2.07. The molecular weight excluding hydrogens is 220 g/mol. The van der Waals surface area contributed by atoms with Crippen LogP contribution >= 0.6 is 0 Å². The molecule has 1 heterocycles. The predicted octanol–water partition coefficient (Wildman–Crippen LogP) is 1.86. The Kier molecular flexibility index (Phi) is 3.18. The van der Waals surface area contributed by atoms with Gasteiger partial charge < -0.3 is 19.7 Å². The summed E-state index contributed by atoms with van der Waals surface area (Å²) in [7, 11) is 3.21. The molecule has 0 aliphatic heterocycles. The molecule has 0 bridgehead atoms. The van der Waals surface area contributed by atoms with E-state index < -0.39 is 0 Å². The van der Waals surface area contributed by atoms with Gasteiger partial charge in [0.2, 0.25) is 5.88 Å². The van der Waals surface area contributed by atoms with Gasteiger partial charge in [0, 0.05) is 12.5 Å². The standard InChI is InChI=1S/C12H14N2O3/c1-15-10-4-3-8(6-11(10)16-2)5-9-7-12(13)17-14-9/h3-4,6-7H,5,13H2,1-2H3. The van der Waals surface area contributed by atoms with Gasteiger partial charge in [0.25, 0.3) is 0 Å². The van der Waals surface area contributed by atoms with Gasteiger partial charge >= 0.3 is 0 Å².